The molecular weight excluding hydrogens is 675 g/mol. The van der Waals surface area contributed by atoms with Crippen molar-refractivity contribution in [1.82, 2.24) is 4.90 Å². The predicted octanol–water partition coefficient (Wildman–Crippen LogP) is 5.46. The third-order valence-corrected chi connectivity index (χ3v) is 15.8. The van der Waals surface area contributed by atoms with Gasteiger partial charge in [-0.25, -0.2) is 0 Å². The summed E-state index contributed by atoms with van der Waals surface area (Å²) in [6, 6.07) is 27.9. The molecule has 3 aliphatic heterocycles. The van der Waals surface area contributed by atoms with Gasteiger partial charge in [-0.15, -0.1) is 0 Å². The van der Waals surface area contributed by atoms with Gasteiger partial charge >= 0.3 is 0 Å². The molecule has 3 heterocycles. The second kappa shape index (κ2) is 13.9. The molecule has 3 N–H and O–H groups in total. The summed E-state index contributed by atoms with van der Waals surface area (Å²) in [6.07, 6.45) is 0.0242. The maximum atomic E-state index is 14.4. The fourth-order valence-electron chi connectivity index (χ4n) is 8.69. The Morgan fingerprint density at radius 3 is 2.27 bits per heavy atom. The molecule has 0 unspecified atom stereocenters. The second-order valence-corrected chi connectivity index (χ2v) is 19.3. The minimum Gasteiger partial charge on any atom is -0.497 e. The molecule has 270 valence electrons. The molecule has 7 rings (SSSR count). The van der Waals surface area contributed by atoms with Gasteiger partial charge in [-0.1, -0.05) is 61.6 Å². The number of nitrogens with zero attached hydrogens (tertiary/aromatic N) is 1. The van der Waals surface area contributed by atoms with Crippen molar-refractivity contribution < 1.29 is 33.7 Å². The molecule has 4 aromatic rings. The van der Waals surface area contributed by atoms with Crippen LogP contribution in [0.25, 0.3) is 0 Å². The first kappa shape index (κ1) is 35.4. The summed E-state index contributed by atoms with van der Waals surface area (Å²) in [5, 5.41) is 17.6. The third-order valence-electron chi connectivity index (χ3n) is 11.5. The van der Waals surface area contributed by atoms with Crippen LogP contribution in [0, 0.1) is 5.92 Å². The quantitative estimate of drug-likeness (QED) is 0.196. The van der Waals surface area contributed by atoms with Gasteiger partial charge in [0.1, 0.15) is 11.5 Å². The average molecular weight is 720 g/mol. The first-order valence-corrected chi connectivity index (χ1v) is 20.8. The summed E-state index contributed by atoms with van der Waals surface area (Å²) in [7, 11) is 0.703. The Balaban J connectivity index is 1.25. The molecule has 11 heteroatoms. The van der Waals surface area contributed by atoms with E-state index in [2.05, 4.69) is 42.8 Å². The monoisotopic (exact) mass is 719 g/mol. The van der Waals surface area contributed by atoms with Gasteiger partial charge in [-0.2, -0.15) is 0 Å². The molecule has 1 fully saturated rings. The van der Waals surface area contributed by atoms with Crippen molar-refractivity contribution in [2.45, 2.75) is 62.7 Å². The number of aliphatic hydroxyl groups is 1. The molecule has 0 radical (unpaired) electrons. The molecule has 0 saturated carbocycles. The standard InChI is InChI=1S/C41H45N3O7Si/c1-25-38(52(4,5)33-17-15-32(50-3)16-18-33)36(22-37(46)44-23-28-9-7-6-8-27(28)20-30(44)24-45)51-41(25)34-21-29(12-19-35(34)43-40(41)48)42-39(47)26-10-13-31(49-2)14-11-26/h6-19,21,25,30,36,38,45H,20,22-24H2,1-5H3,(H,42,47)(H,43,48)/t25-,30+,36+,38-,41+/m1/s1. The Hall–Kier alpha value is -4.97. The number of hydrogen-bond acceptors (Lipinski definition) is 7. The van der Waals surface area contributed by atoms with E-state index in [0.717, 1.165) is 22.1 Å². The van der Waals surface area contributed by atoms with Crippen molar-refractivity contribution in [3.8, 4) is 11.5 Å². The molecule has 5 atom stereocenters. The SMILES string of the molecule is COc1ccc(C(=O)Nc2ccc3c(c2)[C@]2(O[C@@H](CC(=O)N4Cc5ccccc5C[C@H]4CO)[C@H]([Si](C)(C)c4ccc(OC)cc4)[C@H]2C)C(=O)N3)cc1. The van der Waals surface area contributed by atoms with Crippen LogP contribution < -0.4 is 25.3 Å². The summed E-state index contributed by atoms with van der Waals surface area (Å²) in [5.74, 6) is 0.360. The van der Waals surface area contributed by atoms with E-state index in [0.29, 0.717) is 41.2 Å². The minimum absolute atomic E-state index is 0.0541. The Morgan fingerprint density at radius 1 is 0.962 bits per heavy atom. The van der Waals surface area contributed by atoms with Crippen molar-refractivity contribution in [2.75, 3.05) is 31.5 Å². The maximum Gasteiger partial charge on any atom is 0.261 e. The van der Waals surface area contributed by atoms with Gasteiger partial charge in [0.25, 0.3) is 11.8 Å². The molecule has 4 aromatic carbocycles. The largest absolute Gasteiger partial charge is 0.497 e. The number of benzene rings is 4. The smallest absolute Gasteiger partial charge is 0.261 e. The van der Waals surface area contributed by atoms with E-state index in [1.807, 2.05) is 42.5 Å². The number of ether oxygens (including phenoxy) is 3. The van der Waals surface area contributed by atoms with Crippen LogP contribution in [0.2, 0.25) is 18.6 Å². The van der Waals surface area contributed by atoms with Crippen LogP contribution in [-0.2, 0) is 32.9 Å². The van der Waals surface area contributed by atoms with E-state index in [1.165, 1.54) is 0 Å². The van der Waals surface area contributed by atoms with Gasteiger partial charge in [0.05, 0.1) is 47.5 Å². The molecule has 0 aliphatic carbocycles. The van der Waals surface area contributed by atoms with Crippen molar-refractivity contribution >= 4 is 42.4 Å². The highest BCUT2D eigenvalue weighted by atomic mass is 28.3. The van der Waals surface area contributed by atoms with Crippen LogP contribution in [0.3, 0.4) is 0 Å². The molecule has 0 aromatic heterocycles. The lowest BCUT2D eigenvalue weighted by molar-refractivity contribution is -0.149. The Kier molecular flexibility index (Phi) is 9.45. The molecule has 0 bridgehead atoms. The van der Waals surface area contributed by atoms with Crippen LogP contribution in [0.5, 0.6) is 11.5 Å². The van der Waals surface area contributed by atoms with E-state index in [4.69, 9.17) is 14.2 Å². The van der Waals surface area contributed by atoms with Gasteiger partial charge in [-0.3, -0.25) is 14.4 Å². The normalized spacial score (nSPS) is 23.5. The molecule has 3 amide bonds. The van der Waals surface area contributed by atoms with Gasteiger partial charge in [-0.05, 0) is 77.7 Å². The molecule has 3 aliphatic rings. The predicted molar refractivity (Wildman–Crippen MR) is 202 cm³/mol. The highest BCUT2D eigenvalue weighted by molar-refractivity contribution is 6.91. The number of anilines is 2. The number of rotatable bonds is 9. The zero-order chi connectivity index (χ0) is 36.8. The van der Waals surface area contributed by atoms with Crippen molar-refractivity contribution in [1.29, 1.82) is 0 Å². The van der Waals surface area contributed by atoms with Crippen molar-refractivity contribution in [3.05, 3.63) is 113 Å². The lowest BCUT2D eigenvalue weighted by Crippen LogP contribution is -2.52. The Morgan fingerprint density at radius 2 is 1.62 bits per heavy atom. The number of aliphatic hydroxyl groups excluding tert-OH is 1. The molecule has 10 nitrogen and oxygen atoms in total. The number of nitrogens with one attached hydrogen (secondary N) is 2. The second-order valence-electron chi connectivity index (χ2n) is 14.6. The first-order valence-electron chi connectivity index (χ1n) is 17.7. The van der Waals surface area contributed by atoms with E-state index in [-0.39, 0.29) is 48.3 Å². The lowest BCUT2D eigenvalue weighted by Gasteiger charge is -2.39. The zero-order valence-corrected chi connectivity index (χ0v) is 31.1. The summed E-state index contributed by atoms with van der Waals surface area (Å²) in [6.45, 7) is 6.84. The Labute approximate surface area is 305 Å². The number of amides is 3. The summed E-state index contributed by atoms with van der Waals surface area (Å²) >= 11 is 0. The van der Waals surface area contributed by atoms with Crippen LogP contribution >= 0.6 is 0 Å². The van der Waals surface area contributed by atoms with E-state index >= 15 is 0 Å². The third kappa shape index (κ3) is 6.06. The lowest BCUT2D eigenvalue weighted by atomic mass is 9.82. The number of fused-ring (bicyclic) bond motifs is 3. The fourth-order valence-corrected chi connectivity index (χ4v) is 12.7. The van der Waals surface area contributed by atoms with Crippen molar-refractivity contribution in [3.63, 3.8) is 0 Å². The van der Waals surface area contributed by atoms with Crippen LogP contribution in [0.15, 0.2) is 91.0 Å². The number of hydrogen-bond donors (Lipinski definition) is 3. The Bertz CT molecular complexity index is 2000. The van der Waals surface area contributed by atoms with Gasteiger partial charge in [0.2, 0.25) is 5.91 Å². The molecule has 52 heavy (non-hydrogen) atoms. The van der Waals surface area contributed by atoms with Crippen LogP contribution in [0.1, 0.15) is 40.4 Å². The molecular formula is C41H45N3O7Si. The average Bonchev–Trinajstić information content (AvgIpc) is 3.62. The van der Waals surface area contributed by atoms with Gasteiger partial charge < -0.3 is 34.9 Å². The highest BCUT2D eigenvalue weighted by Crippen LogP contribution is 2.59. The number of carbonyl (C=O) groups is 3. The van der Waals surface area contributed by atoms with Crippen LogP contribution in [-0.4, -0.2) is 68.8 Å². The number of methoxy groups -OCH3 is 2. The summed E-state index contributed by atoms with van der Waals surface area (Å²) in [5.41, 5.74) is 2.87. The summed E-state index contributed by atoms with van der Waals surface area (Å²) < 4.78 is 17.7. The number of carbonyl (C=O) groups excluding carboxylic acids is 3. The van der Waals surface area contributed by atoms with E-state index in [9.17, 15) is 19.5 Å². The van der Waals surface area contributed by atoms with Crippen molar-refractivity contribution in [2.24, 2.45) is 5.92 Å². The fraction of sp³-hybridized carbons (Fsp3) is 0.341. The highest BCUT2D eigenvalue weighted by Gasteiger charge is 2.65. The zero-order valence-electron chi connectivity index (χ0n) is 30.1. The van der Waals surface area contributed by atoms with E-state index in [1.54, 1.807) is 55.5 Å². The summed E-state index contributed by atoms with van der Waals surface area (Å²) in [4.78, 5) is 43.7. The van der Waals surface area contributed by atoms with Gasteiger partial charge in [0, 0.05) is 35.0 Å². The van der Waals surface area contributed by atoms with E-state index < -0.39 is 19.8 Å². The minimum atomic E-state index is -2.50. The molecule has 1 saturated heterocycles. The van der Waals surface area contributed by atoms with Gasteiger partial charge in [0.15, 0.2) is 5.60 Å². The molecule has 1 spiro atoms. The first-order chi connectivity index (χ1) is 25.0. The topological polar surface area (TPSA) is 126 Å². The van der Waals surface area contributed by atoms with Crippen LogP contribution in [0.4, 0.5) is 11.4 Å². The maximum absolute atomic E-state index is 14.4.